The summed E-state index contributed by atoms with van der Waals surface area (Å²) in [5, 5.41) is 2.90. The van der Waals surface area contributed by atoms with Crippen LogP contribution in [0, 0.1) is 0 Å². The van der Waals surface area contributed by atoms with Gasteiger partial charge in [0, 0.05) is 12.0 Å². The Kier molecular flexibility index (Phi) is 1.70. The van der Waals surface area contributed by atoms with E-state index in [9.17, 15) is 8.78 Å². The van der Waals surface area contributed by atoms with E-state index >= 15 is 0 Å². The summed E-state index contributed by atoms with van der Waals surface area (Å²) in [5.74, 6) is 0. The highest BCUT2D eigenvalue weighted by Crippen LogP contribution is 2.39. The fourth-order valence-electron chi connectivity index (χ4n) is 1.00. The van der Waals surface area contributed by atoms with Gasteiger partial charge in [-0.1, -0.05) is 0 Å². The lowest BCUT2D eigenvalue weighted by Gasteiger charge is -2.11. The summed E-state index contributed by atoms with van der Waals surface area (Å²) in [6, 6.07) is 0. The summed E-state index contributed by atoms with van der Waals surface area (Å²) in [4.78, 5) is 0. The van der Waals surface area contributed by atoms with Gasteiger partial charge in [-0.3, -0.25) is 0 Å². The summed E-state index contributed by atoms with van der Waals surface area (Å²) in [6.07, 6.45) is -0.314. The number of hydrogen-bond donors (Lipinski definition) is 1. The van der Waals surface area contributed by atoms with Gasteiger partial charge in [0.15, 0.2) is 0 Å². The van der Waals surface area contributed by atoms with Crippen molar-refractivity contribution in [2.45, 2.75) is 31.2 Å². The van der Waals surface area contributed by atoms with Crippen molar-refractivity contribution in [3.63, 3.8) is 0 Å². The van der Waals surface area contributed by atoms with E-state index in [1.54, 1.807) is 7.05 Å². The third-order valence-corrected chi connectivity index (χ3v) is 1.93. The van der Waals surface area contributed by atoms with Crippen LogP contribution < -0.4 is 5.32 Å². The number of rotatable bonds is 3. The molecule has 0 spiro atoms. The summed E-state index contributed by atoms with van der Waals surface area (Å²) in [5.41, 5.74) is -0.186. The molecule has 0 atom stereocenters. The molecule has 1 aliphatic carbocycles. The maximum absolute atomic E-state index is 11.7. The zero-order valence-electron chi connectivity index (χ0n) is 5.45. The topological polar surface area (TPSA) is 12.0 Å². The van der Waals surface area contributed by atoms with Gasteiger partial charge in [-0.2, -0.15) is 0 Å². The van der Waals surface area contributed by atoms with Gasteiger partial charge in [-0.25, -0.2) is 8.78 Å². The van der Waals surface area contributed by atoms with Crippen LogP contribution in [0.3, 0.4) is 0 Å². The predicted octanol–water partition coefficient (Wildman–Crippen LogP) is 1.39. The molecule has 0 heterocycles. The van der Waals surface area contributed by atoms with Crippen LogP contribution in [0.5, 0.6) is 0 Å². The van der Waals surface area contributed by atoms with Gasteiger partial charge in [-0.15, -0.1) is 0 Å². The summed E-state index contributed by atoms with van der Waals surface area (Å²) < 4.78 is 23.4. The molecule has 0 aliphatic heterocycles. The Morgan fingerprint density at radius 2 is 2.11 bits per heavy atom. The molecular formula is C6H11F2N. The Morgan fingerprint density at radius 1 is 1.56 bits per heavy atom. The predicted molar refractivity (Wildman–Crippen MR) is 31.6 cm³/mol. The highest BCUT2D eigenvalue weighted by Gasteiger charge is 2.42. The van der Waals surface area contributed by atoms with Crippen LogP contribution in [-0.2, 0) is 0 Å². The maximum atomic E-state index is 11.7. The molecule has 54 valence electrons. The molecule has 0 unspecified atom stereocenters. The molecule has 0 radical (unpaired) electrons. The van der Waals surface area contributed by atoms with E-state index in [4.69, 9.17) is 0 Å². The number of nitrogens with one attached hydrogen (secondary N) is 1. The molecule has 3 heteroatoms. The van der Waals surface area contributed by atoms with Crippen molar-refractivity contribution in [3.05, 3.63) is 0 Å². The maximum Gasteiger partial charge on any atom is 0.240 e. The van der Waals surface area contributed by atoms with Crippen molar-refractivity contribution in [3.8, 4) is 0 Å². The van der Waals surface area contributed by atoms with Gasteiger partial charge < -0.3 is 5.32 Å². The van der Waals surface area contributed by atoms with E-state index in [-0.39, 0.29) is 12.0 Å². The monoisotopic (exact) mass is 135 g/mol. The standard InChI is InChI=1S/C6H11F2N/c1-9-6(2-3-6)4-5(7)8/h5,9H,2-4H2,1H3. The molecule has 0 amide bonds. The number of hydrogen-bond acceptors (Lipinski definition) is 1. The first-order valence-electron chi connectivity index (χ1n) is 3.16. The molecular weight excluding hydrogens is 124 g/mol. The Labute approximate surface area is 53.4 Å². The minimum Gasteiger partial charge on any atom is -0.314 e. The SMILES string of the molecule is CNC1(CC(F)F)CC1. The van der Waals surface area contributed by atoms with Gasteiger partial charge in [-0.05, 0) is 19.9 Å². The first-order chi connectivity index (χ1) is 4.18. The molecule has 9 heavy (non-hydrogen) atoms. The van der Waals surface area contributed by atoms with Crippen molar-refractivity contribution in [2.24, 2.45) is 0 Å². The molecule has 1 N–H and O–H groups in total. The van der Waals surface area contributed by atoms with Crippen LogP contribution in [0.1, 0.15) is 19.3 Å². The molecule has 1 fully saturated rings. The Balaban J connectivity index is 2.25. The van der Waals surface area contributed by atoms with E-state index in [0.717, 1.165) is 12.8 Å². The average molecular weight is 135 g/mol. The summed E-state index contributed by atoms with van der Waals surface area (Å²) in [7, 11) is 1.75. The minimum absolute atomic E-state index is 0.0174. The van der Waals surface area contributed by atoms with Crippen LogP contribution in [0.15, 0.2) is 0 Å². The van der Waals surface area contributed by atoms with Crippen LogP contribution >= 0.6 is 0 Å². The quantitative estimate of drug-likeness (QED) is 0.616. The molecule has 1 aliphatic rings. The Morgan fingerprint density at radius 3 is 2.22 bits per heavy atom. The van der Waals surface area contributed by atoms with Gasteiger partial charge in [0.05, 0.1) is 0 Å². The number of halogens is 2. The lowest BCUT2D eigenvalue weighted by atomic mass is 10.2. The second-order valence-electron chi connectivity index (χ2n) is 2.63. The van der Waals surface area contributed by atoms with Crippen LogP contribution in [0.4, 0.5) is 8.78 Å². The van der Waals surface area contributed by atoms with Crippen LogP contribution in [-0.4, -0.2) is 19.0 Å². The fraction of sp³-hybridized carbons (Fsp3) is 1.00. The van der Waals surface area contributed by atoms with E-state index < -0.39 is 6.43 Å². The van der Waals surface area contributed by atoms with Crippen molar-refractivity contribution in [2.75, 3.05) is 7.05 Å². The van der Waals surface area contributed by atoms with Gasteiger partial charge >= 0.3 is 0 Å². The highest BCUT2D eigenvalue weighted by molar-refractivity contribution is 5.01. The summed E-state index contributed by atoms with van der Waals surface area (Å²) >= 11 is 0. The zero-order valence-corrected chi connectivity index (χ0v) is 5.45. The lowest BCUT2D eigenvalue weighted by molar-refractivity contribution is 0.119. The second-order valence-corrected chi connectivity index (χ2v) is 2.63. The minimum atomic E-state index is -2.15. The molecule has 0 aromatic heterocycles. The third-order valence-electron chi connectivity index (χ3n) is 1.93. The second kappa shape index (κ2) is 2.21. The molecule has 1 saturated carbocycles. The molecule has 0 bridgehead atoms. The highest BCUT2D eigenvalue weighted by atomic mass is 19.3. The first kappa shape index (κ1) is 6.93. The van der Waals surface area contributed by atoms with E-state index in [1.807, 2.05) is 0 Å². The third kappa shape index (κ3) is 1.61. The van der Waals surface area contributed by atoms with Crippen LogP contribution in [0.2, 0.25) is 0 Å². The molecule has 1 nitrogen and oxygen atoms in total. The molecule has 0 saturated heterocycles. The van der Waals surface area contributed by atoms with E-state index in [0.29, 0.717) is 0 Å². The van der Waals surface area contributed by atoms with Crippen molar-refractivity contribution >= 4 is 0 Å². The normalized spacial score (nSPS) is 22.7. The smallest absolute Gasteiger partial charge is 0.240 e. The van der Waals surface area contributed by atoms with Gasteiger partial charge in [0.1, 0.15) is 0 Å². The molecule has 1 rings (SSSR count). The number of alkyl halides is 2. The average Bonchev–Trinajstić information content (AvgIpc) is 2.48. The fourth-order valence-corrected chi connectivity index (χ4v) is 1.00. The van der Waals surface area contributed by atoms with Crippen LogP contribution in [0.25, 0.3) is 0 Å². The lowest BCUT2D eigenvalue weighted by Crippen LogP contribution is -2.29. The Bertz CT molecular complexity index is 99.2. The van der Waals surface area contributed by atoms with Crippen molar-refractivity contribution in [1.29, 1.82) is 0 Å². The first-order valence-corrected chi connectivity index (χ1v) is 3.16. The van der Waals surface area contributed by atoms with E-state index in [1.165, 1.54) is 0 Å². The van der Waals surface area contributed by atoms with Crippen molar-refractivity contribution in [1.82, 2.24) is 5.32 Å². The molecule has 0 aromatic carbocycles. The van der Waals surface area contributed by atoms with Crippen molar-refractivity contribution < 1.29 is 8.78 Å². The van der Waals surface area contributed by atoms with E-state index in [2.05, 4.69) is 5.32 Å². The van der Waals surface area contributed by atoms with Gasteiger partial charge in [0.25, 0.3) is 0 Å². The summed E-state index contributed by atoms with van der Waals surface area (Å²) in [6.45, 7) is 0. The molecule has 0 aromatic rings. The van der Waals surface area contributed by atoms with Gasteiger partial charge in [0.2, 0.25) is 6.43 Å². The Hall–Kier alpha value is -0.180. The largest absolute Gasteiger partial charge is 0.314 e. The zero-order chi connectivity index (χ0) is 6.91.